The van der Waals surface area contributed by atoms with Crippen LogP contribution >= 0.6 is 0 Å². The number of allylic oxidation sites excluding steroid dienone is 4. The van der Waals surface area contributed by atoms with Gasteiger partial charge in [-0.2, -0.15) is 18.2 Å². The summed E-state index contributed by atoms with van der Waals surface area (Å²) >= 11 is 1.46. The Morgan fingerprint density at radius 1 is 0.800 bits per heavy atom. The summed E-state index contributed by atoms with van der Waals surface area (Å²) in [6.07, 6.45) is 13.0. The van der Waals surface area contributed by atoms with Gasteiger partial charge in [0.15, 0.2) is 0 Å². The molecule has 2 aliphatic rings. The van der Waals surface area contributed by atoms with E-state index >= 15 is 0 Å². The number of hydrogen-bond acceptors (Lipinski definition) is 0. The zero-order valence-corrected chi connectivity index (χ0v) is 20.9. The van der Waals surface area contributed by atoms with E-state index in [-0.39, 0.29) is 24.8 Å². The normalized spacial score (nSPS) is 15.3. The summed E-state index contributed by atoms with van der Waals surface area (Å²) in [6, 6.07) is 31.1. The van der Waals surface area contributed by atoms with Crippen molar-refractivity contribution >= 4 is 3.21 Å². The van der Waals surface area contributed by atoms with Gasteiger partial charge >= 0.3 is 99.2 Å². The molecule has 1 unspecified atom stereocenters. The molecule has 0 radical (unpaired) electrons. The fourth-order valence-electron chi connectivity index (χ4n) is 3.36. The number of rotatable bonds is 2. The molecule has 3 aromatic carbocycles. The van der Waals surface area contributed by atoms with Crippen molar-refractivity contribution in [1.29, 1.82) is 0 Å². The van der Waals surface area contributed by atoms with Gasteiger partial charge in [-0.3, -0.25) is 0 Å². The molecule has 0 saturated heterocycles. The van der Waals surface area contributed by atoms with Gasteiger partial charge in [-0.05, 0) is 12.3 Å². The van der Waals surface area contributed by atoms with Crippen LogP contribution in [0.25, 0.3) is 0 Å². The molecule has 1 saturated carbocycles. The number of hydrogen-bond donors (Lipinski definition) is 0. The number of fused-ring (bicyclic) bond motifs is 1. The smallest absolute Gasteiger partial charge is 0.172 e. The third kappa shape index (κ3) is 8.69. The molecular formula is C27H26Cl2Zr-2. The van der Waals surface area contributed by atoms with Crippen LogP contribution in [0.1, 0.15) is 30.4 Å². The first-order valence-corrected chi connectivity index (χ1v) is 11.1. The maximum atomic E-state index is 2.37. The monoisotopic (exact) mass is 510 g/mol. The van der Waals surface area contributed by atoms with E-state index in [2.05, 4.69) is 85.3 Å². The Hall–Kier alpha value is -1.53. The third-order valence-electron chi connectivity index (χ3n) is 4.89. The predicted octanol–water partition coefficient (Wildman–Crippen LogP) is 0.703. The predicted molar refractivity (Wildman–Crippen MR) is 117 cm³/mol. The van der Waals surface area contributed by atoms with E-state index in [0.29, 0.717) is 0 Å². The summed E-state index contributed by atoms with van der Waals surface area (Å²) in [5.41, 5.74) is 4.24. The Labute approximate surface area is 208 Å². The maximum absolute atomic E-state index is 2.37. The van der Waals surface area contributed by atoms with E-state index in [1.54, 1.807) is 5.57 Å². The van der Waals surface area contributed by atoms with Gasteiger partial charge in [-0.1, -0.05) is 6.42 Å². The molecule has 30 heavy (non-hydrogen) atoms. The van der Waals surface area contributed by atoms with Crippen LogP contribution in [-0.2, 0) is 24.2 Å². The first-order valence-electron chi connectivity index (χ1n) is 9.90. The minimum atomic E-state index is 0. The first kappa shape index (κ1) is 26.5. The Morgan fingerprint density at radius 2 is 1.37 bits per heavy atom. The standard InChI is InChI=1S/C13H10.C9H11.C5H5.2ClH.Zr/c1-3-7-12(8-4-1)11-13-9-5-2-6-10-13;1-2-5-9-7-3-6-8(9)4-1;1-2-4-5-3-1;;;/h1-10H;1-2,4,6,9H,3,5,7H2;1-5H;2*1H;/q;2*-1;;;+2/p-2. The van der Waals surface area contributed by atoms with Gasteiger partial charge in [0.2, 0.25) is 0 Å². The van der Waals surface area contributed by atoms with Gasteiger partial charge in [0, 0.05) is 0 Å². The van der Waals surface area contributed by atoms with Gasteiger partial charge in [0.05, 0.1) is 0 Å². The Kier molecular flexibility index (Phi) is 13.5. The molecule has 0 heterocycles. The minimum Gasteiger partial charge on any atom is -0.214 e. The van der Waals surface area contributed by atoms with Gasteiger partial charge in [-0.15, -0.1) is 18.6 Å². The Balaban J connectivity index is 0.000000242. The van der Waals surface area contributed by atoms with Crippen LogP contribution in [0.5, 0.6) is 0 Å². The number of benzene rings is 2. The number of halogens is 2. The molecule has 1 fully saturated rings. The molecule has 1 atom stereocenters. The van der Waals surface area contributed by atoms with Crippen LogP contribution in [0, 0.1) is 12.3 Å². The topological polar surface area (TPSA) is 0 Å². The van der Waals surface area contributed by atoms with Crippen molar-refractivity contribution in [2.24, 2.45) is 5.92 Å². The van der Waals surface area contributed by atoms with Gasteiger partial charge < -0.3 is 24.8 Å². The van der Waals surface area contributed by atoms with E-state index in [0.717, 1.165) is 5.92 Å². The van der Waals surface area contributed by atoms with Crippen LogP contribution in [0.3, 0.4) is 0 Å². The molecule has 2 aliphatic carbocycles. The van der Waals surface area contributed by atoms with Crippen molar-refractivity contribution in [3.8, 4) is 0 Å². The largest absolute Gasteiger partial charge is 0.214 e. The van der Waals surface area contributed by atoms with Gasteiger partial charge in [0.1, 0.15) is 0 Å². The van der Waals surface area contributed by atoms with Crippen LogP contribution in [0.4, 0.5) is 0 Å². The average molecular weight is 513 g/mol. The van der Waals surface area contributed by atoms with Crippen molar-refractivity contribution in [2.75, 3.05) is 0 Å². The fraction of sp³-hybridized carbons (Fsp3) is 0.148. The molecular weight excluding hydrogens is 486 g/mol. The molecule has 0 nitrogen and oxygen atoms in total. The van der Waals surface area contributed by atoms with Crippen LogP contribution in [0.15, 0.2) is 115 Å². The average Bonchev–Trinajstić information content (AvgIpc) is 3.50. The van der Waals surface area contributed by atoms with Crippen LogP contribution in [-0.4, -0.2) is 3.21 Å². The zero-order chi connectivity index (χ0) is 19.4. The third-order valence-corrected chi connectivity index (χ3v) is 6.31. The van der Waals surface area contributed by atoms with Crippen molar-refractivity contribution < 1.29 is 49.0 Å². The van der Waals surface area contributed by atoms with Crippen molar-refractivity contribution in [2.45, 2.75) is 19.3 Å². The molecule has 5 rings (SSSR count). The molecule has 3 heteroatoms. The van der Waals surface area contributed by atoms with Crippen LogP contribution in [0.2, 0.25) is 0 Å². The molecule has 154 valence electrons. The maximum Gasteiger partial charge on any atom is -0.172 e. The summed E-state index contributed by atoms with van der Waals surface area (Å²) < 4.78 is 1.42. The summed E-state index contributed by atoms with van der Waals surface area (Å²) in [5, 5.41) is 0. The van der Waals surface area contributed by atoms with E-state index in [1.807, 2.05) is 30.3 Å². The fourth-order valence-corrected chi connectivity index (χ4v) is 4.18. The minimum absolute atomic E-state index is 0. The van der Waals surface area contributed by atoms with E-state index in [9.17, 15) is 0 Å². The molecule has 0 aliphatic heterocycles. The van der Waals surface area contributed by atoms with E-state index < -0.39 is 0 Å². The molecule has 0 N–H and O–H groups in total. The summed E-state index contributed by atoms with van der Waals surface area (Å²) in [5.74, 6) is 0.884. The summed E-state index contributed by atoms with van der Waals surface area (Å²) in [7, 11) is 0. The SMILES string of the molecule is C1=CCC2CC[CH-]C2=C1.[Cl-].[Cl-].[Zr+2]=[C](c1ccccc1)c1ccccc1.c1cc[cH-]c1. The second-order valence-corrected chi connectivity index (χ2v) is 8.11. The van der Waals surface area contributed by atoms with Gasteiger partial charge in [0.25, 0.3) is 0 Å². The Morgan fingerprint density at radius 3 is 1.83 bits per heavy atom. The quantitative estimate of drug-likeness (QED) is 0.444. The first-order chi connectivity index (χ1) is 13.8. The van der Waals surface area contributed by atoms with E-state index in [4.69, 9.17) is 0 Å². The Bertz CT molecular complexity index is 822. The second-order valence-electron chi connectivity index (χ2n) is 6.88. The molecule has 0 aromatic heterocycles. The molecule has 0 bridgehead atoms. The van der Waals surface area contributed by atoms with Crippen molar-refractivity contribution in [3.05, 3.63) is 132 Å². The van der Waals surface area contributed by atoms with Crippen LogP contribution < -0.4 is 24.8 Å². The zero-order valence-electron chi connectivity index (χ0n) is 16.9. The molecule has 0 amide bonds. The van der Waals surface area contributed by atoms with Gasteiger partial charge in [-0.25, -0.2) is 30.2 Å². The van der Waals surface area contributed by atoms with Crippen molar-refractivity contribution in [3.63, 3.8) is 0 Å². The van der Waals surface area contributed by atoms with Crippen molar-refractivity contribution in [1.82, 2.24) is 0 Å². The molecule has 3 aromatic rings. The summed E-state index contributed by atoms with van der Waals surface area (Å²) in [4.78, 5) is 0. The molecule has 0 spiro atoms. The second kappa shape index (κ2) is 15.3. The van der Waals surface area contributed by atoms with E-state index in [1.165, 1.54) is 57.8 Å². The summed E-state index contributed by atoms with van der Waals surface area (Å²) in [6.45, 7) is 0.